The molecule has 0 aliphatic heterocycles. The van der Waals surface area contributed by atoms with Gasteiger partial charge < -0.3 is 9.30 Å². The van der Waals surface area contributed by atoms with Crippen molar-refractivity contribution in [2.24, 2.45) is 13.0 Å². The first-order chi connectivity index (χ1) is 10.1. The van der Waals surface area contributed by atoms with Gasteiger partial charge in [-0.3, -0.25) is 10.1 Å². The van der Waals surface area contributed by atoms with E-state index in [1.54, 1.807) is 22.8 Å². The smallest absolute Gasteiger partial charge is 0.337 e. The van der Waals surface area contributed by atoms with Crippen molar-refractivity contribution in [3.05, 3.63) is 23.8 Å². The number of hydrogen-bond donors (Lipinski definition) is 1. The highest BCUT2D eigenvalue weighted by atomic mass is 16.5. The Balaban J connectivity index is 1.87. The number of rotatable bonds is 4. The largest absolute Gasteiger partial charge is 0.465 e. The summed E-state index contributed by atoms with van der Waals surface area (Å²) in [6, 6.07) is 5.15. The van der Waals surface area contributed by atoms with Gasteiger partial charge in [0.2, 0.25) is 11.9 Å². The van der Waals surface area contributed by atoms with Crippen LogP contribution in [0.5, 0.6) is 0 Å². The summed E-state index contributed by atoms with van der Waals surface area (Å²) in [6.07, 6.45) is 2.83. The van der Waals surface area contributed by atoms with Crippen LogP contribution in [0.3, 0.4) is 0 Å². The predicted octanol–water partition coefficient (Wildman–Crippen LogP) is 2.10. The zero-order valence-corrected chi connectivity index (χ0v) is 12.0. The Morgan fingerprint density at radius 3 is 2.86 bits per heavy atom. The molecule has 1 saturated carbocycles. The van der Waals surface area contributed by atoms with Gasteiger partial charge in [0.1, 0.15) is 0 Å². The molecule has 1 fully saturated rings. The molecule has 21 heavy (non-hydrogen) atoms. The van der Waals surface area contributed by atoms with Gasteiger partial charge >= 0.3 is 5.97 Å². The number of anilines is 1. The molecule has 0 saturated heterocycles. The third-order valence-electron chi connectivity index (χ3n) is 3.72. The van der Waals surface area contributed by atoms with Crippen LogP contribution in [0.1, 0.15) is 29.6 Å². The molecule has 0 radical (unpaired) electrons. The number of methoxy groups -OCH3 is 1. The van der Waals surface area contributed by atoms with Crippen molar-refractivity contribution in [1.29, 1.82) is 0 Å². The first kappa shape index (κ1) is 13.6. The van der Waals surface area contributed by atoms with Crippen LogP contribution in [0, 0.1) is 5.92 Å². The van der Waals surface area contributed by atoms with E-state index in [1.165, 1.54) is 7.11 Å². The minimum atomic E-state index is -0.401. The van der Waals surface area contributed by atoms with Crippen molar-refractivity contribution in [3.63, 3.8) is 0 Å². The molecule has 110 valence electrons. The van der Waals surface area contributed by atoms with Crippen LogP contribution in [0.4, 0.5) is 5.95 Å². The standard InChI is InChI=1S/C15H17N3O3/c1-18-12-6-5-10(14(20)21-2)8-11(12)16-15(18)17-13(19)7-9-3-4-9/h5-6,8-9H,3-4,7H2,1-2H3,(H,16,17,19). The molecule has 1 heterocycles. The summed E-state index contributed by atoms with van der Waals surface area (Å²) in [5.41, 5.74) is 1.95. The fourth-order valence-electron chi connectivity index (χ4n) is 2.32. The van der Waals surface area contributed by atoms with Crippen molar-refractivity contribution in [2.45, 2.75) is 19.3 Å². The Morgan fingerprint density at radius 1 is 1.43 bits per heavy atom. The van der Waals surface area contributed by atoms with E-state index in [-0.39, 0.29) is 5.91 Å². The lowest BCUT2D eigenvalue weighted by Crippen LogP contribution is -2.15. The molecule has 0 unspecified atom stereocenters. The minimum Gasteiger partial charge on any atom is -0.465 e. The number of imidazole rings is 1. The Hall–Kier alpha value is -2.37. The molecule has 1 aliphatic carbocycles. The van der Waals surface area contributed by atoms with Crippen LogP contribution >= 0.6 is 0 Å². The Bertz CT molecular complexity index is 716. The second-order valence-electron chi connectivity index (χ2n) is 5.39. The van der Waals surface area contributed by atoms with E-state index in [1.807, 2.05) is 7.05 Å². The molecule has 0 bridgehead atoms. The van der Waals surface area contributed by atoms with Crippen LogP contribution in [0.25, 0.3) is 11.0 Å². The van der Waals surface area contributed by atoms with Gasteiger partial charge in [-0.1, -0.05) is 0 Å². The SMILES string of the molecule is COC(=O)c1ccc2c(c1)nc(NC(=O)CC1CC1)n2C. The van der Waals surface area contributed by atoms with E-state index in [0.717, 1.165) is 18.4 Å². The number of esters is 1. The fourth-order valence-corrected chi connectivity index (χ4v) is 2.32. The van der Waals surface area contributed by atoms with Crippen molar-refractivity contribution in [1.82, 2.24) is 9.55 Å². The predicted molar refractivity (Wildman–Crippen MR) is 78.0 cm³/mol. The monoisotopic (exact) mass is 287 g/mol. The summed E-state index contributed by atoms with van der Waals surface area (Å²) in [5.74, 6) is 0.620. The second kappa shape index (κ2) is 5.20. The molecule has 3 rings (SSSR count). The number of aromatic nitrogens is 2. The molecule has 0 spiro atoms. The molecule has 0 atom stereocenters. The number of aryl methyl sites for hydroxylation is 1. The average Bonchev–Trinajstić information content (AvgIpc) is 3.23. The van der Waals surface area contributed by atoms with Gasteiger partial charge in [0.15, 0.2) is 0 Å². The Morgan fingerprint density at radius 2 is 2.19 bits per heavy atom. The van der Waals surface area contributed by atoms with Crippen molar-refractivity contribution in [3.8, 4) is 0 Å². The van der Waals surface area contributed by atoms with Gasteiger partial charge in [0, 0.05) is 13.5 Å². The van der Waals surface area contributed by atoms with E-state index < -0.39 is 5.97 Å². The summed E-state index contributed by atoms with van der Waals surface area (Å²) in [7, 11) is 3.17. The molecule has 6 heteroatoms. The number of ether oxygens (including phenoxy) is 1. The highest BCUT2D eigenvalue weighted by Gasteiger charge is 2.25. The third-order valence-corrected chi connectivity index (χ3v) is 3.72. The highest BCUT2D eigenvalue weighted by Crippen LogP contribution is 2.32. The fraction of sp³-hybridized carbons (Fsp3) is 0.400. The summed E-state index contributed by atoms with van der Waals surface area (Å²) in [6.45, 7) is 0. The normalized spacial score (nSPS) is 14.2. The van der Waals surface area contributed by atoms with Crippen molar-refractivity contribution < 1.29 is 14.3 Å². The van der Waals surface area contributed by atoms with Crippen LogP contribution in [0.15, 0.2) is 18.2 Å². The number of benzene rings is 1. The third kappa shape index (κ3) is 2.74. The van der Waals surface area contributed by atoms with Gasteiger partial charge in [0.05, 0.1) is 23.7 Å². The van der Waals surface area contributed by atoms with Crippen LogP contribution in [-0.4, -0.2) is 28.5 Å². The first-order valence-electron chi connectivity index (χ1n) is 6.93. The van der Waals surface area contributed by atoms with E-state index in [2.05, 4.69) is 10.3 Å². The number of nitrogens with zero attached hydrogens (tertiary/aromatic N) is 2. The van der Waals surface area contributed by atoms with E-state index in [9.17, 15) is 9.59 Å². The number of carbonyl (C=O) groups excluding carboxylic acids is 2. The molecular weight excluding hydrogens is 270 g/mol. The molecule has 1 N–H and O–H groups in total. The zero-order chi connectivity index (χ0) is 15.0. The lowest BCUT2D eigenvalue weighted by atomic mass is 10.2. The molecule has 1 aliphatic rings. The number of hydrogen-bond acceptors (Lipinski definition) is 4. The second-order valence-corrected chi connectivity index (χ2v) is 5.39. The Kier molecular flexibility index (Phi) is 3.37. The topological polar surface area (TPSA) is 73.2 Å². The molecule has 2 aromatic rings. The summed E-state index contributed by atoms with van der Waals surface area (Å²) >= 11 is 0. The summed E-state index contributed by atoms with van der Waals surface area (Å²) < 4.78 is 6.50. The Labute approximate surface area is 122 Å². The van der Waals surface area contributed by atoms with E-state index in [4.69, 9.17) is 4.74 Å². The van der Waals surface area contributed by atoms with Crippen LogP contribution in [0.2, 0.25) is 0 Å². The van der Waals surface area contributed by atoms with Crippen molar-refractivity contribution >= 4 is 28.9 Å². The van der Waals surface area contributed by atoms with Gasteiger partial charge in [-0.05, 0) is 37.0 Å². The van der Waals surface area contributed by atoms with Gasteiger partial charge in [-0.2, -0.15) is 0 Å². The van der Waals surface area contributed by atoms with Gasteiger partial charge in [0.25, 0.3) is 0 Å². The minimum absolute atomic E-state index is 0.0101. The maximum atomic E-state index is 11.9. The average molecular weight is 287 g/mol. The van der Waals surface area contributed by atoms with Crippen molar-refractivity contribution in [2.75, 3.05) is 12.4 Å². The first-order valence-corrected chi connectivity index (χ1v) is 6.93. The van der Waals surface area contributed by atoms with Gasteiger partial charge in [-0.15, -0.1) is 0 Å². The number of nitrogens with one attached hydrogen (secondary N) is 1. The number of carbonyl (C=O) groups is 2. The summed E-state index contributed by atoms with van der Waals surface area (Å²) in [4.78, 5) is 27.8. The quantitative estimate of drug-likeness (QED) is 0.874. The number of amides is 1. The van der Waals surface area contributed by atoms with Crippen LogP contribution in [-0.2, 0) is 16.6 Å². The van der Waals surface area contributed by atoms with Crippen LogP contribution < -0.4 is 5.32 Å². The molecule has 1 aromatic carbocycles. The maximum absolute atomic E-state index is 11.9. The molecule has 1 aromatic heterocycles. The zero-order valence-electron chi connectivity index (χ0n) is 12.0. The number of fused-ring (bicyclic) bond motifs is 1. The van der Waals surface area contributed by atoms with E-state index in [0.29, 0.717) is 29.4 Å². The van der Waals surface area contributed by atoms with E-state index >= 15 is 0 Å². The molecule has 1 amide bonds. The van der Waals surface area contributed by atoms with Gasteiger partial charge in [-0.25, -0.2) is 9.78 Å². The molecular formula is C15H17N3O3. The summed E-state index contributed by atoms with van der Waals surface area (Å²) in [5, 5.41) is 2.83. The lowest BCUT2D eigenvalue weighted by molar-refractivity contribution is -0.116. The maximum Gasteiger partial charge on any atom is 0.337 e. The highest BCUT2D eigenvalue weighted by molar-refractivity contribution is 5.95. The molecule has 6 nitrogen and oxygen atoms in total. The lowest BCUT2D eigenvalue weighted by Gasteiger charge is -2.04.